The molecule has 3 aliphatic carbocycles. The van der Waals surface area contributed by atoms with Gasteiger partial charge in [-0.25, -0.2) is 31.7 Å². The lowest BCUT2D eigenvalue weighted by Gasteiger charge is -2.34. The van der Waals surface area contributed by atoms with Gasteiger partial charge in [-0.15, -0.1) is 0 Å². The molecule has 6 rings (SSSR count). The van der Waals surface area contributed by atoms with Crippen molar-refractivity contribution in [1.29, 1.82) is 0 Å². The first kappa shape index (κ1) is 31.4. The summed E-state index contributed by atoms with van der Waals surface area (Å²) in [6.07, 6.45) is 4.24. The summed E-state index contributed by atoms with van der Waals surface area (Å²) in [5.74, 6) is -6.87. The molecule has 2 atom stereocenters. The van der Waals surface area contributed by atoms with E-state index >= 15 is 0 Å². The largest absolute Gasteiger partial charge is 0.390 e. The van der Waals surface area contributed by atoms with E-state index in [0.717, 1.165) is 18.4 Å². The fourth-order valence-electron chi connectivity index (χ4n) is 6.50. The van der Waals surface area contributed by atoms with Gasteiger partial charge in [-0.3, -0.25) is 9.59 Å². The smallest absolute Gasteiger partial charge is 0.276 e. The molecule has 0 radical (unpaired) electrons. The van der Waals surface area contributed by atoms with Crippen molar-refractivity contribution < 1.29 is 36.9 Å². The normalized spacial score (nSPS) is 21.7. The van der Waals surface area contributed by atoms with Crippen molar-refractivity contribution >= 4 is 17.5 Å². The van der Waals surface area contributed by atoms with Gasteiger partial charge in [-0.05, 0) is 74.1 Å². The highest BCUT2D eigenvalue weighted by molar-refractivity contribution is 5.93. The van der Waals surface area contributed by atoms with E-state index in [1.807, 2.05) is 0 Å². The lowest BCUT2D eigenvalue weighted by atomic mass is 9.79. The van der Waals surface area contributed by atoms with Crippen LogP contribution in [0.3, 0.4) is 0 Å². The number of aromatic nitrogens is 5. The number of halogens is 4. The Balaban J connectivity index is 1.23. The average Bonchev–Trinajstić information content (AvgIpc) is 3.52. The molecule has 3 saturated carbocycles. The Hall–Kier alpha value is -3.62. The Morgan fingerprint density at radius 2 is 1.73 bits per heavy atom. The molecule has 3 aromatic rings. The zero-order chi connectivity index (χ0) is 32.1. The van der Waals surface area contributed by atoms with Gasteiger partial charge in [0.1, 0.15) is 5.69 Å². The number of alkyl halides is 4. The maximum absolute atomic E-state index is 14.1. The molecule has 15 heteroatoms. The third-order valence-corrected chi connectivity index (χ3v) is 8.99. The first-order valence-corrected chi connectivity index (χ1v) is 15.4. The minimum absolute atomic E-state index is 0.00642. The van der Waals surface area contributed by atoms with E-state index in [9.17, 15) is 32.3 Å². The molecular formula is C30H37F4N7O4. The minimum Gasteiger partial charge on any atom is -0.390 e. The molecule has 3 heterocycles. The van der Waals surface area contributed by atoms with Crippen LogP contribution >= 0.6 is 0 Å². The number of carbonyl (C=O) groups is 2. The molecule has 3 aromatic heterocycles. The van der Waals surface area contributed by atoms with Crippen LogP contribution in [-0.2, 0) is 11.2 Å². The quantitative estimate of drug-likeness (QED) is 0.257. The van der Waals surface area contributed by atoms with E-state index in [1.54, 1.807) is 32.3 Å². The van der Waals surface area contributed by atoms with E-state index in [0.29, 0.717) is 11.3 Å². The van der Waals surface area contributed by atoms with E-state index in [1.165, 1.54) is 4.52 Å². The van der Waals surface area contributed by atoms with Crippen molar-refractivity contribution in [2.75, 3.05) is 0 Å². The van der Waals surface area contributed by atoms with Crippen LogP contribution in [0.2, 0.25) is 0 Å². The highest BCUT2D eigenvalue weighted by Crippen LogP contribution is 2.45. The van der Waals surface area contributed by atoms with Crippen molar-refractivity contribution in [2.45, 2.75) is 108 Å². The molecule has 0 spiro atoms. The van der Waals surface area contributed by atoms with Crippen LogP contribution in [0.4, 0.5) is 17.6 Å². The number of fused-ring (bicyclic) bond motifs is 1. The van der Waals surface area contributed by atoms with Crippen LogP contribution in [0.5, 0.6) is 0 Å². The van der Waals surface area contributed by atoms with Gasteiger partial charge in [0.05, 0.1) is 35.8 Å². The third kappa shape index (κ3) is 7.45. The predicted molar refractivity (Wildman–Crippen MR) is 150 cm³/mol. The van der Waals surface area contributed by atoms with Gasteiger partial charge in [0, 0.05) is 38.5 Å². The van der Waals surface area contributed by atoms with Crippen molar-refractivity contribution in [1.82, 2.24) is 35.5 Å². The maximum atomic E-state index is 14.1. The molecule has 0 bridgehead atoms. The molecule has 2 amide bonds. The molecule has 1 unspecified atom stereocenters. The number of rotatable bonds is 11. The van der Waals surface area contributed by atoms with Crippen LogP contribution in [-0.4, -0.2) is 59.3 Å². The highest BCUT2D eigenvalue weighted by Gasteiger charge is 2.46. The lowest BCUT2D eigenvalue weighted by molar-refractivity contribution is -0.134. The van der Waals surface area contributed by atoms with Crippen LogP contribution in [0, 0.1) is 17.8 Å². The molecule has 0 aliphatic heterocycles. The van der Waals surface area contributed by atoms with Crippen molar-refractivity contribution in [3.05, 3.63) is 41.1 Å². The topological polar surface area (TPSA) is 148 Å². The predicted octanol–water partition coefficient (Wildman–Crippen LogP) is 4.73. The molecule has 3 aliphatic rings. The Kier molecular flexibility index (Phi) is 8.11. The van der Waals surface area contributed by atoms with Gasteiger partial charge >= 0.3 is 0 Å². The van der Waals surface area contributed by atoms with Crippen molar-refractivity contribution in [3.8, 4) is 0 Å². The van der Waals surface area contributed by atoms with Gasteiger partial charge in [0.2, 0.25) is 17.8 Å². The fraction of sp³-hybridized carbons (Fsp3) is 0.667. The van der Waals surface area contributed by atoms with Crippen LogP contribution in [0.1, 0.15) is 111 Å². The van der Waals surface area contributed by atoms with E-state index in [-0.39, 0.29) is 92.5 Å². The van der Waals surface area contributed by atoms with Gasteiger partial charge in [-0.1, -0.05) is 5.16 Å². The van der Waals surface area contributed by atoms with Crippen LogP contribution in [0.15, 0.2) is 23.1 Å². The Labute approximate surface area is 256 Å². The molecule has 3 fully saturated rings. The summed E-state index contributed by atoms with van der Waals surface area (Å²) in [5.41, 5.74) is 0.443. The summed E-state index contributed by atoms with van der Waals surface area (Å²) in [5, 5.41) is 28.1. The van der Waals surface area contributed by atoms with Crippen LogP contribution < -0.4 is 10.6 Å². The summed E-state index contributed by atoms with van der Waals surface area (Å²) < 4.78 is 61.0. The van der Waals surface area contributed by atoms with Crippen molar-refractivity contribution in [2.24, 2.45) is 17.8 Å². The number of hydrogen-bond donors (Lipinski definition) is 3. The number of imidazole rings is 1. The molecule has 0 aromatic carbocycles. The summed E-state index contributed by atoms with van der Waals surface area (Å²) >= 11 is 0. The highest BCUT2D eigenvalue weighted by atomic mass is 19.3. The fourth-order valence-corrected chi connectivity index (χ4v) is 6.50. The summed E-state index contributed by atoms with van der Waals surface area (Å²) in [6.45, 7) is 3.11. The monoisotopic (exact) mass is 635 g/mol. The molecule has 3 N–H and O–H groups in total. The second-order valence-electron chi connectivity index (χ2n) is 13.7. The Morgan fingerprint density at radius 3 is 2.38 bits per heavy atom. The number of nitrogens with zero attached hydrogens (tertiary/aromatic N) is 5. The number of nitrogens with one attached hydrogen (secondary N) is 2. The first-order valence-electron chi connectivity index (χ1n) is 15.4. The zero-order valence-corrected chi connectivity index (χ0v) is 25.1. The third-order valence-electron chi connectivity index (χ3n) is 8.99. The summed E-state index contributed by atoms with van der Waals surface area (Å²) in [6, 6.07) is 0.680. The standard InChI is InChI=1S/C30H37F4N7O4/c1-28(2,44)13-20-26(40-45-39-20)27(43)38-25(18-5-7-29(31,32)8-6-18)21-15-41-22(36-21)10-19(14-35-41)24(17-3-4-17)37-23(42)9-16-11-30(33,34)12-16/h10,14-18,24-25,44H,3-9,11-13H2,1-2H3,(H,37,42)(H,38,43)/t24?,25-/m0/s1. The van der Waals surface area contributed by atoms with Gasteiger partial charge in [0.15, 0.2) is 11.3 Å². The molecular weight excluding hydrogens is 598 g/mol. The lowest BCUT2D eigenvalue weighted by Crippen LogP contribution is -2.39. The minimum atomic E-state index is -2.78. The molecule has 244 valence electrons. The van der Waals surface area contributed by atoms with E-state index in [2.05, 4.69) is 26.0 Å². The number of amides is 2. The van der Waals surface area contributed by atoms with Gasteiger partial charge in [0.25, 0.3) is 5.91 Å². The summed E-state index contributed by atoms with van der Waals surface area (Å²) in [7, 11) is 0. The second kappa shape index (κ2) is 11.6. The molecule has 45 heavy (non-hydrogen) atoms. The van der Waals surface area contributed by atoms with E-state index in [4.69, 9.17) is 9.61 Å². The number of carbonyl (C=O) groups excluding carboxylic acids is 2. The number of hydrogen-bond acceptors (Lipinski definition) is 8. The van der Waals surface area contributed by atoms with E-state index < -0.39 is 29.4 Å². The maximum Gasteiger partial charge on any atom is 0.276 e. The van der Waals surface area contributed by atoms with Crippen molar-refractivity contribution in [3.63, 3.8) is 0 Å². The van der Waals surface area contributed by atoms with Gasteiger partial charge in [-0.2, -0.15) is 5.10 Å². The van der Waals surface area contributed by atoms with Gasteiger partial charge < -0.3 is 15.7 Å². The average molecular weight is 636 g/mol. The Morgan fingerprint density at radius 1 is 1.04 bits per heavy atom. The van der Waals surface area contributed by atoms with Crippen LogP contribution in [0.25, 0.3) is 5.65 Å². The SMILES string of the molecule is CC(C)(O)Cc1nonc1C(=O)N[C@H](c1cn2ncc(C(NC(=O)CC3CC(F)(F)C3)C3CC3)cc2n1)C1CCC(F)(F)CC1. The summed E-state index contributed by atoms with van der Waals surface area (Å²) in [4.78, 5) is 30.9. The second-order valence-corrected chi connectivity index (χ2v) is 13.7. The molecule has 11 nitrogen and oxygen atoms in total. The zero-order valence-electron chi connectivity index (χ0n) is 25.1. The molecule has 0 saturated heterocycles. The first-order chi connectivity index (χ1) is 21.1. The Bertz CT molecular complexity index is 1550. The number of aliphatic hydroxyl groups is 1.